The molecule has 0 aliphatic carbocycles. The number of benzene rings is 2. The van der Waals surface area contributed by atoms with Crippen LogP contribution < -0.4 is 9.47 Å². The highest BCUT2D eigenvalue weighted by Crippen LogP contribution is 2.31. The van der Waals surface area contributed by atoms with E-state index in [1.807, 2.05) is 12.1 Å². The summed E-state index contributed by atoms with van der Waals surface area (Å²) < 4.78 is 38.4. The van der Waals surface area contributed by atoms with Gasteiger partial charge in [0.2, 0.25) is 10.0 Å². The predicted molar refractivity (Wildman–Crippen MR) is 106 cm³/mol. The smallest absolute Gasteiger partial charge is 0.312 e. The average Bonchev–Trinajstić information content (AvgIpc) is 3.22. The number of nitrogens with zero attached hydrogens (tertiary/aromatic N) is 2. The zero-order chi connectivity index (χ0) is 20.1. The van der Waals surface area contributed by atoms with Crippen LogP contribution in [0.3, 0.4) is 0 Å². The molecule has 0 bridgehead atoms. The molecule has 28 heavy (non-hydrogen) atoms. The second-order valence-electron chi connectivity index (χ2n) is 6.15. The summed E-state index contributed by atoms with van der Waals surface area (Å²) in [7, 11) is -3.73. The van der Waals surface area contributed by atoms with E-state index in [-0.39, 0.29) is 29.5 Å². The number of hydrogen-bond donors (Lipinski definition) is 0. The van der Waals surface area contributed by atoms with Crippen molar-refractivity contribution in [3.05, 3.63) is 57.1 Å². The van der Waals surface area contributed by atoms with Crippen LogP contribution >= 0.6 is 15.9 Å². The Balaban J connectivity index is 1.67. The van der Waals surface area contributed by atoms with E-state index in [0.717, 1.165) is 23.4 Å². The highest BCUT2D eigenvalue weighted by Gasteiger charge is 2.29. The van der Waals surface area contributed by atoms with E-state index >= 15 is 0 Å². The molecule has 2 aromatic carbocycles. The Bertz CT molecular complexity index is 943. The second-order valence-corrected chi connectivity index (χ2v) is 9.00. The highest BCUT2D eigenvalue weighted by atomic mass is 79.9. The van der Waals surface area contributed by atoms with Gasteiger partial charge in [-0.25, -0.2) is 8.42 Å². The number of nitro benzene ring substituents is 1. The molecule has 0 N–H and O–H groups in total. The molecule has 150 valence electrons. The van der Waals surface area contributed by atoms with E-state index in [1.54, 1.807) is 12.1 Å². The SMILES string of the molecule is O=[N+]([O-])c1cc(S(=O)(=O)N2CCCC2)ccc1OCCOc1ccc(Br)cc1. The Kier molecular flexibility index (Phi) is 6.53. The van der Waals surface area contributed by atoms with Crippen LogP contribution in [0, 0.1) is 10.1 Å². The Morgan fingerprint density at radius 1 is 1.04 bits per heavy atom. The first-order chi connectivity index (χ1) is 13.4. The van der Waals surface area contributed by atoms with Gasteiger partial charge in [0.15, 0.2) is 5.75 Å². The second kappa shape index (κ2) is 8.89. The molecule has 0 spiro atoms. The van der Waals surface area contributed by atoms with Crippen molar-refractivity contribution in [2.24, 2.45) is 0 Å². The van der Waals surface area contributed by atoms with Gasteiger partial charge in [-0.05, 0) is 49.2 Å². The maximum Gasteiger partial charge on any atom is 0.312 e. The Hall–Kier alpha value is -2.17. The minimum atomic E-state index is -3.73. The van der Waals surface area contributed by atoms with Crippen molar-refractivity contribution in [3.63, 3.8) is 0 Å². The van der Waals surface area contributed by atoms with Crippen LogP contribution in [-0.2, 0) is 10.0 Å². The van der Waals surface area contributed by atoms with Gasteiger partial charge in [0.05, 0.1) is 9.82 Å². The molecule has 1 saturated heterocycles. The molecule has 3 rings (SSSR count). The summed E-state index contributed by atoms with van der Waals surface area (Å²) in [6.07, 6.45) is 1.59. The first kappa shape index (κ1) is 20.6. The van der Waals surface area contributed by atoms with Crippen LogP contribution in [0.2, 0.25) is 0 Å². The Morgan fingerprint density at radius 3 is 2.32 bits per heavy atom. The van der Waals surface area contributed by atoms with E-state index in [1.165, 1.54) is 16.4 Å². The van der Waals surface area contributed by atoms with Gasteiger partial charge < -0.3 is 9.47 Å². The van der Waals surface area contributed by atoms with Crippen molar-refractivity contribution in [3.8, 4) is 11.5 Å². The van der Waals surface area contributed by atoms with Crippen LogP contribution in [0.15, 0.2) is 51.8 Å². The van der Waals surface area contributed by atoms with E-state index in [9.17, 15) is 18.5 Å². The van der Waals surface area contributed by atoms with Crippen molar-refractivity contribution in [2.45, 2.75) is 17.7 Å². The van der Waals surface area contributed by atoms with Gasteiger partial charge in [-0.3, -0.25) is 10.1 Å². The van der Waals surface area contributed by atoms with E-state index in [2.05, 4.69) is 15.9 Å². The molecule has 10 heteroatoms. The summed E-state index contributed by atoms with van der Waals surface area (Å²) in [5, 5.41) is 11.4. The van der Waals surface area contributed by atoms with E-state index in [0.29, 0.717) is 18.8 Å². The number of hydrogen-bond acceptors (Lipinski definition) is 6. The average molecular weight is 471 g/mol. The maximum atomic E-state index is 12.6. The molecule has 0 unspecified atom stereocenters. The van der Waals surface area contributed by atoms with Gasteiger partial charge >= 0.3 is 5.69 Å². The third kappa shape index (κ3) is 4.81. The van der Waals surface area contributed by atoms with Crippen LogP contribution in [0.5, 0.6) is 11.5 Å². The summed E-state index contributed by atoms with van der Waals surface area (Å²) in [5.41, 5.74) is -0.385. The minimum Gasteiger partial charge on any atom is -0.490 e. The summed E-state index contributed by atoms with van der Waals surface area (Å²) in [4.78, 5) is 10.6. The zero-order valence-corrected chi connectivity index (χ0v) is 17.3. The largest absolute Gasteiger partial charge is 0.490 e. The lowest BCUT2D eigenvalue weighted by Crippen LogP contribution is -2.27. The van der Waals surface area contributed by atoms with Gasteiger partial charge in [0.1, 0.15) is 19.0 Å². The predicted octanol–water partition coefficient (Wildman–Crippen LogP) is 3.60. The Morgan fingerprint density at radius 2 is 1.68 bits per heavy atom. The lowest BCUT2D eigenvalue weighted by Gasteiger charge is -2.16. The van der Waals surface area contributed by atoms with Crippen LogP contribution in [0.4, 0.5) is 5.69 Å². The fraction of sp³-hybridized carbons (Fsp3) is 0.333. The number of sulfonamides is 1. The third-order valence-electron chi connectivity index (χ3n) is 4.25. The molecule has 0 saturated carbocycles. The normalized spacial score (nSPS) is 14.8. The van der Waals surface area contributed by atoms with E-state index in [4.69, 9.17) is 9.47 Å². The molecule has 1 aliphatic rings. The molecule has 0 atom stereocenters. The number of nitro groups is 1. The standard InChI is InChI=1S/C18H19BrN2O6S/c19-14-3-5-15(6-4-14)26-11-12-27-18-8-7-16(13-17(18)21(22)23)28(24,25)20-9-1-2-10-20/h3-8,13H,1-2,9-12H2. The molecular formula is C18H19BrN2O6S. The van der Waals surface area contributed by atoms with Crippen LogP contribution in [0.1, 0.15) is 12.8 Å². The first-order valence-corrected chi connectivity index (χ1v) is 10.9. The number of rotatable bonds is 8. The van der Waals surface area contributed by atoms with Crippen molar-refractivity contribution in [1.29, 1.82) is 0 Å². The molecule has 1 heterocycles. The topological polar surface area (TPSA) is 99.0 Å². The van der Waals surface area contributed by atoms with Gasteiger partial charge in [0.25, 0.3) is 0 Å². The number of halogens is 1. The van der Waals surface area contributed by atoms with Crippen molar-refractivity contribution >= 4 is 31.6 Å². The quantitative estimate of drug-likeness (QED) is 0.332. The lowest BCUT2D eigenvalue weighted by atomic mass is 10.3. The highest BCUT2D eigenvalue weighted by molar-refractivity contribution is 9.10. The fourth-order valence-corrected chi connectivity index (χ4v) is 4.64. The lowest BCUT2D eigenvalue weighted by molar-refractivity contribution is -0.386. The molecule has 1 fully saturated rings. The van der Waals surface area contributed by atoms with Gasteiger partial charge in [-0.1, -0.05) is 15.9 Å². The molecule has 0 aromatic heterocycles. The van der Waals surface area contributed by atoms with Gasteiger partial charge in [-0.15, -0.1) is 0 Å². The molecular weight excluding hydrogens is 452 g/mol. The van der Waals surface area contributed by atoms with Crippen molar-refractivity contribution < 1.29 is 22.8 Å². The van der Waals surface area contributed by atoms with Crippen LogP contribution in [-0.4, -0.2) is 43.9 Å². The summed E-state index contributed by atoms with van der Waals surface area (Å²) >= 11 is 3.33. The van der Waals surface area contributed by atoms with Crippen molar-refractivity contribution in [2.75, 3.05) is 26.3 Å². The fourth-order valence-electron chi connectivity index (χ4n) is 2.84. The van der Waals surface area contributed by atoms with E-state index < -0.39 is 14.9 Å². The van der Waals surface area contributed by atoms with Crippen LogP contribution in [0.25, 0.3) is 0 Å². The zero-order valence-electron chi connectivity index (χ0n) is 14.9. The number of ether oxygens (including phenoxy) is 2. The molecule has 8 nitrogen and oxygen atoms in total. The Labute approximate surface area is 171 Å². The third-order valence-corrected chi connectivity index (χ3v) is 6.68. The maximum absolute atomic E-state index is 12.6. The minimum absolute atomic E-state index is 0.00442. The summed E-state index contributed by atoms with van der Waals surface area (Å²) in [6.45, 7) is 1.13. The molecule has 1 aliphatic heterocycles. The van der Waals surface area contributed by atoms with Crippen molar-refractivity contribution in [1.82, 2.24) is 4.31 Å². The van der Waals surface area contributed by atoms with Gasteiger partial charge in [-0.2, -0.15) is 4.31 Å². The molecule has 0 radical (unpaired) electrons. The summed E-state index contributed by atoms with van der Waals surface area (Å²) in [6, 6.07) is 10.9. The molecule has 2 aromatic rings. The summed E-state index contributed by atoms with van der Waals surface area (Å²) in [5.74, 6) is 0.651. The van der Waals surface area contributed by atoms with Gasteiger partial charge in [0, 0.05) is 23.6 Å². The monoisotopic (exact) mass is 470 g/mol. The molecule has 0 amide bonds. The first-order valence-electron chi connectivity index (χ1n) is 8.68.